The molecule has 0 radical (unpaired) electrons. The van der Waals surface area contributed by atoms with E-state index < -0.39 is 5.97 Å². The molecule has 0 bridgehead atoms. The van der Waals surface area contributed by atoms with Gasteiger partial charge >= 0.3 is 5.97 Å². The van der Waals surface area contributed by atoms with E-state index in [9.17, 15) is 4.79 Å². The number of carboxylic acids is 1. The summed E-state index contributed by atoms with van der Waals surface area (Å²) in [7, 11) is 0. The van der Waals surface area contributed by atoms with E-state index >= 15 is 0 Å². The third kappa shape index (κ3) is 3.89. The lowest BCUT2D eigenvalue weighted by atomic mass is 10.2. The number of rotatable bonds is 3. The van der Waals surface area contributed by atoms with E-state index in [1.807, 2.05) is 19.9 Å². The highest BCUT2D eigenvalue weighted by Gasteiger charge is 1.99. The van der Waals surface area contributed by atoms with E-state index in [0.29, 0.717) is 6.42 Å². The Balaban J connectivity index is 3.83. The van der Waals surface area contributed by atoms with Gasteiger partial charge in [0.15, 0.2) is 0 Å². The lowest BCUT2D eigenvalue weighted by Crippen LogP contribution is -1.96. The summed E-state index contributed by atoms with van der Waals surface area (Å²) < 4.78 is 0. The Morgan fingerprint density at radius 1 is 1.60 bits per heavy atom. The summed E-state index contributed by atoms with van der Waals surface area (Å²) in [4.78, 5) is 10.2. The SMILES string of the molecule is C=C(CC=C(C)C)C(=O)O. The quantitative estimate of drug-likeness (QED) is 0.480. The topological polar surface area (TPSA) is 37.3 Å². The molecule has 10 heavy (non-hydrogen) atoms. The lowest BCUT2D eigenvalue weighted by molar-refractivity contribution is -0.132. The average molecular weight is 140 g/mol. The third-order valence-electron chi connectivity index (χ3n) is 1.06. The Bertz CT molecular complexity index is 174. The average Bonchev–Trinajstić information content (AvgIpc) is 1.82. The minimum atomic E-state index is -0.919. The van der Waals surface area contributed by atoms with Crippen molar-refractivity contribution in [1.82, 2.24) is 0 Å². The Morgan fingerprint density at radius 3 is 2.40 bits per heavy atom. The summed E-state index contributed by atoms with van der Waals surface area (Å²) in [5.41, 5.74) is 1.35. The summed E-state index contributed by atoms with van der Waals surface area (Å²) in [6, 6.07) is 0. The molecule has 56 valence electrons. The van der Waals surface area contributed by atoms with Gasteiger partial charge in [-0.2, -0.15) is 0 Å². The Kier molecular flexibility index (Phi) is 3.47. The second-order valence-electron chi connectivity index (χ2n) is 2.39. The van der Waals surface area contributed by atoms with Gasteiger partial charge in [-0.15, -0.1) is 0 Å². The molecule has 0 aromatic carbocycles. The molecule has 0 amide bonds. The van der Waals surface area contributed by atoms with Crippen molar-refractivity contribution in [3.05, 3.63) is 23.8 Å². The number of carbonyl (C=O) groups is 1. The Hall–Kier alpha value is -1.05. The third-order valence-corrected chi connectivity index (χ3v) is 1.06. The van der Waals surface area contributed by atoms with Gasteiger partial charge in [0.05, 0.1) is 0 Å². The fraction of sp³-hybridized carbons (Fsp3) is 0.375. The molecule has 0 spiro atoms. The van der Waals surface area contributed by atoms with Crippen molar-refractivity contribution in [2.24, 2.45) is 0 Å². The highest BCUT2D eigenvalue weighted by atomic mass is 16.4. The molecule has 0 fully saturated rings. The Morgan fingerprint density at radius 2 is 2.10 bits per heavy atom. The summed E-state index contributed by atoms with van der Waals surface area (Å²) in [6.07, 6.45) is 2.29. The molecule has 0 saturated heterocycles. The molecular formula is C8H12O2. The van der Waals surface area contributed by atoms with Gasteiger partial charge in [0, 0.05) is 5.57 Å². The molecule has 0 atom stereocenters. The molecule has 0 saturated carbocycles. The molecule has 0 aliphatic carbocycles. The summed E-state index contributed by atoms with van der Waals surface area (Å²) in [6.45, 7) is 7.23. The van der Waals surface area contributed by atoms with Crippen LogP contribution in [0.25, 0.3) is 0 Å². The second-order valence-corrected chi connectivity index (χ2v) is 2.39. The summed E-state index contributed by atoms with van der Waals surface area (Å²) in [5, 5.41) is 8.37. The second kappa shape index (κ2) is 3.88. The van der Waals surface area contributed by atoms with Gasteiger partial charge in [0.25, 0.3) is 0 Å². The van der Waals surface area contributed by atoms with Crippen molar-refractivity contribution in [3.8, 4) is 0 Å². The van der Waals surface area contributed by atoms with Crippen LogP contribution in [0, 0.1) is 0 Å². The fourth-order valence-electron chi connectivity index (χ4n) is 0.415. The maximum Gasteiger partial charge on any atom is 0.331 e. The molecule has 0 rings (SSSR count). The van der Waals surface area contributed by atoms with Crippen LogP contribution < -0.4 is 0 Å². The molecule has 0 aromatic heterocycles. The van der Waals surface area contributed by atoms with Crippen LogP contribution in [0.3, 0.4) is 0 Å². The van der Waals surface area contributed by atoms with Crippen molar-refractivity contribution < 1.29 is 9.90 Å². The first kappa shape index (κ1) is 8.95. The molecular weight excluding hydrogens is 128 g/mol. The van der Waals surface area contributed by atoms with E-state index in [4.69, 9.17) is 5.11 Å². The Labute approximate surface area is 60.9 Å². The monoisotopic (exact) mass is 140 g/mol. The van der Waals surface area contributed by atoms with Gasteiger partial charge in [0.2, 0.25) is 0 Å². The first-order chi connectivity index (χ1) is 4.54. The van der Waals surface area contributed by atoms with E-state index in [1.165, 1.54) is 0 Å². The van der Waals surface area contributed by atoms with Crippen molar-refractivity contribution in [2.45, 2.75) is 20.3 Å². The summed E-state index contributed by atoms with van der Waals surface area (Å²) >= 11 is 0. The van der Waals surface area contributed by atoms with E-state index in [2.05, 4.69) is 6.58 Å². The number of hydrogen-bond acceptors (Lipinski definition) is 1. The zero-order chi connectivity index (χ0) is 8.15. The first-order valence-corrected chi connectivity index (χ1v) is 3.08. The number of hydrogen-bond donors (Lipinski definition) is 1. The molecule has 0 heterocycles. The highest BCUT2D eigenvalue weighted by molar-refractivity contribution is 5.86. The number of allylic oxidation sites excluding steroid dienone is 2. The first-order valence-electron chi connectivity index (χ1n) is 3.08. The van der Waals surface area contributed by atoms with Crippen LogP contribution in [0.1, 0.15) is 20.3 Å². The van der Waals surface area contributed by atoms with Crippen LogP contribution in [0.15, 0.2) is 23.8 Å². The van der Waals surface area contributed by atoms with E-state index in [1.54, 1.807) is 0 Å². The van der Waals surface area contributed by atoms with Gasteiger partial charge in [0.1, 0.15) is 0 Å². The normalized spacial score (nSPS) is 8.60. The standard InChI is InChI=1S/C8H12O2/c1-6(2)4-5-7(3)8(9)10/h4H,3,5H2,1-2H3,(H,9,10). The summed E-state index contributed by atoms with van der Waals surface area (Å²) in [5.74, 6) is -0.919. The van der Waals surface area contributed by atoms with Gasteiger partial charge < -0.3 is 5.11 Å². The van der Waals surface area contributed by atoms with Gasteiger partial charge in [-0.05, 0) is 20.3 Å². The number of carboxylic acid groups (broad SMARTS) is 1. The molecule has 0 aliphatic rings. The maximum absolute atomic E-state index is 10.2. The highest BCUT2D eigenvalue weighted by Crippen LogP contribution is 2.01. The molecule has 2 heteroatoms. The van der Waals surface area contributed by atoms with Crippen LogP contribution in [-0.2, 0) is 4.79 Å². The predicted molar refractivity (Wildman–Crippen MR) is 40.8 cm³/mol. The minimum absolute atomic E-state index is 0.237. The fourth-order valence-corrected chi connectivity index (χ4v) is 0.415. The van der Waals surface area contributed by atoms with Crippen molar-refractivity contribution >= 4 is 5.97 Å². The van der Waals surface area contributed by atoms with E-state index in [-0.39, 0.29) is 5.57 Å². The lowest BCUT2D eigenvalue weighted by Gasteiger charge is -1.93. The molecule has 2 nitrogen and oxygen atoms in total. The molecule has 0 aromatic rings. The van der Waals surface area contributed by atoms with Crippen molar-refractivity contribution in [1.29, 1.82) is 0 Å². The maximum atomic E-state index is 10.2. The molecule has 0 aliphatic heterocycles. The van der Waals surface area contributed by atoms with Crippen LogP contribution in [0.2, 0.25) is 0 Å². The van der Waals surface area contributed by atoms with Crippen LogP contribution >= 0.6 is 0 Å². The molecule has 1 N–H and O–H groups in total. The van der Waals surface area contributed by atoms with Gasteiger partial charge in [-0.25, -0.2) is 4.79 Å². The van der Waals surface area contributed by atoms with Crippen molar-refractivity contribution in [2.75, 3.05) is 0 Å². The van der Waals surface area contributed by atoms with Crippen LogP contribution in [0.4, 0.5) is 0 Å². The predicted octanol–water partition coefficient (Wildman–Crippen LogP) is 1.98. The van der Waals surface area contributed by atoms with Crippen LogP contribution in [-0.4, -0.2) is 11.1 Å². The van der Waals surface area contributed by atoms with Gasteiger partial charge in [-0.3, -0.25) is 0 Å². The molecule has 0 unspecified atom stereocenters. The smallest absolute Gasteiger partial charge is 0.331 e. The van der Waals surface area contributed by atoms with Crippen molar-refractivity contribution in [3.63, 3.8) is 0 Å². The zero-order valence-corrected chi connectivity index (χ0v) is 6.35. The zero-order valence-electron chi connectivity index (χ0n) is 6.35. The van der Waals surface area contributed by atoms with E-state index in [0.717, 1.165) is 5.57 Å². The minimum Gasteiger partial charge on any atom is -0.478 e. The number of aliphatic carboxylic acids is 1. The van der Waals surface area contributed by atoms with Crippen LogP contribution in [0.5, 0.6) is 0 Å². The van der Waals surface area contributed by atoms with Gasteiger partial charge in [-0.1, -0.05) is 18.2 Å². The largest absolute Gasteiger partial charge is 0.478 e.